The van der Waals surface area contributed by atoms with Crippen molar-refractivity contribution in [3.05, 3.63) is 34.3 Å². The largest absolute Gasteiger partial charge is 0.339 e. The number of nitrogens with zero attached hydrogens (tertiary/aromatic N) is 1. The van der Waals surface area contributed by atoms with Crippen LogP contribution in [-0.2, 0) is 0 Å². The average molecular weight is 277 g/mol. The molecule has 1 aliphatic rings. The fourth-order valence-corrected chi connectivity index (χ4v) is 2.40. The van der Waals surface area contributed by atoms with Crippen molar-refractivity contribution >= 4 is 17.5 Å². The van der Waals surface area contributed by atoms with Gasteiger partial charge < -0.3 is 10.6 Å². The number of piperidine rings is 1. The molecular formula is C15H17ClN2O. The zero-order valence-corrected chi connectivity index (χ0v) is 11.5. The molecule has 2 N–H and O–H groups in total. The van der Waals surface area contributed by atoms with Crippen molar-refractivity contribution in [1.82, 2.24) is 4.90 Å². The Hall–Kier alpha value is -1.50. The zero-order chi connectivity index (χ0) is 13.7. The number of carbonyl (C=O) groups is 1. The maximum atomic E-state index is 12.3. The fraction of sp³-hybridized carbons (Fsp3) is 0.400. The molecule has 0 saturated carbocycles. The summed E-state index contributed by atoms with van der Waals surface area (Å²) in [6.45, 7) is 1.97. The van der Waals surface area contributed by atoms with E-state index >= 15 is 0 Å². The van der Waals surface area contributed by atoms with Crippen LogP contribution in [-0.4, -0.2) is 30.4 Å². The van der Waals surface area contributed by atoms with Crippen LogP contribution in [0.4, 0.5) is 0 Å². The van der Waals surface area contributed by atoms with Gasteiger partial charge in [-0.2, -0.15) is 0 Å². The summed E-state index contributed by atoms with van der Waals surface area (Å²) < 4.78 is 0. The quantitative estimate of drug-likeness (QED) is 0.800. The van der Waals surface area contributed by atoms with Gasteiger partial charge in [0.1, 0.15) is 0 Å². The molecule has 1 aromatic rings. The standard InChI is InChI=1S/C15H17ClN2O/c16-14-11-13(7-6-12(14)5-4-8-17)15(19)18-9-2-1-3-10-18/h6-7,11H,1-3,8-10,17H2. The van der Waals surface area contributed by atoms with Gasteiger partial charge in [-0.1, -0.05) is 23.4 Å². The van der Waals surface area contributed by atoms with Gasteiger partial charge in [0.2, 0.25) is 0 Å². The van der Waals surface area contributed by atoms with Gasteiger partial charge in [0.15, 0.2) is 0 Å². The van der Waals surface area contributed by atoms with Crippen molar-refractivity contribution in [1.29, 1.82) is 0 Å². The topological polar surface area (TPSA) is 46.3 Å². The summed E-state index contributed by atoms with van der Waals surface area (Å²) in [5.74, 6) is 5.70. The molecule has 0 radical (unpaired) electrons. The van der Waals surface area contributed by atoms with E-state index in [0.29, 0.717) is 22.7 Å². The monoisotopic (exact) mass is 276 g/mol. The van der Waals surface area contributed by atoms with Crippen molar-refractivity contribution in [2.24, 2.45) is 5.73 Å². The Morgan fingerprint density at radius 2 is 2.05 bits per heavy atom. The lowest BCUT2D eigenvalue weighted by Gasteiger charge is -2.26. The first-order valence-electron chi connectivity index (χ1n) is 6.50. The Bertz CT molecular complexity index is 525. The second-order valence-electron chi connectivity index (χ2n) is 4.55. The number of hydrogen-bond acceptors (Lipinski definition) is 2. The molecule has 1 saturated heterocycles. The van der Waals surface area contributed by atoms with Crippen LogP contribution in [0.1, 0.15) is 35.2 Å². The third-order valence-electron chi connectivity index (χ3n) is 3.18. The predicted molar refractivity (Wildman–Crippen MR) is 77.1 cm³/mol. The van der Waals surface area contributed by atoms with E-state index in [1.807, 2.05) is 4.90 Å². The van der Waals surface area contributed by atoms with E-state index in [1.165, 1.54) is 6.42 Å². The number of hydrogen-bond donors (Lipinski definition) is 1. The molecule has 1 aliphatic heterocycles. The average Bonchev–Trinajstić information content (AvgIpc) is 2.46. The molecule has 0 atom stereocenters. The molecule has 2 rings (SSSR count). The Labute approximate surface area is 118 Å². The van der Waals surface area contributed by atoms with Crippen LogP contribution in [0.2, 0.25) is 5.02 Å². The number of likely N-dealkylation sites (tertiary alicyclic amines) is 1. The van der Waals surface area contributed by atoms with Crippen LogP contribution in [0.3, 0.4) is 0 Å². The van der Waals surface area contributed by atoms with Gasteiger partial charge in [-0.25, -0.2) is 0 Å². The molecule has 1 aromatic carbocycles. The van der Waals surface area contributed by atoms with Gasteiger partial charge in [-0.05, 0) is 37.5 Å². The van der Waals surface area contributed by atoms with Gasteiger partial charge in [-0.15, -0.1) is 0 Å². The van der Waals surface area contributed by atoms with Gasteiger partial charge in [0.05, 0.1) is 11.6 Å². The Kier molecular flexibility index (Phi) is 4.84. The maximum absolute atomic E-state index is 12.3. The smallest absolute Gasteiger partial charge is 0.253 e. The molecule has 4 heteroatoms. The van der Waals surface area contributed by atoms with Crippen molar-refractivity contribution in [2.75, 3.05) is 19.6 Å². The van der Waals surface area contributed by atoms with Crippen LogP contribution < -0.4 is 5.73 Å². The van der Waals surface area contributed by atoms with Gasteiger partial charge in [0, 0.05) is 24.2 Å². The summed E-state index contributed by atoms with van der Waals surface area (Å²) in [5.41, 5.74) is 6.66. The van der Waals surface area contributed by atoms with E-state index in [1.54, 1.807) is 18.2 Å². The van der Waals surface area contributed by atoms with E-state index in [4.69, 9.17) is 17.3 Å². The molecule has 0 bridgehead atoms. The van der Waals surface area contributed by atoms with Crippen molar-refractivity contribution in [3.8, 4) is 11.8 Å². The molecule has 1 heterocycles. The van der Waals surface area contributed by atoms with E-state index in [0.717, 1.165) is 25.9 Å². The van der Waals surface area contributed by atoms with Crippen LogP contribution >= 0.6 is 11.6 Å². The van der Waals surface area contributed by atoms with Crippen molar-refractivity contribution < 1.29 is 4.79 Å². The number of amides is 1. The second kappa shape index (κ2) is 6.60. The highest BCUT2D eigenvalue weighted by Crippen LogP contribution is 2.19. The third-order valence-corrected chi connectivity index (χ3v) is 3.50. The molecule has 0 spiro atoms. The normalized spacial score (nSPS) is 14.7. The summed E-state index contributed by atoms with van der Waals surface area (Å²) in [6, 6.07) is 5.25. The Balaban J connectivity index is 2.16. The van der Waals surface area contributed by atoms with Crippen LogP contribution in [0.5, 0.6) is 0 Å². The lowest BCUT2D eigenvalue weighted by molar-refractivity contribution is 0.0724. The number of nitrogens with two attached hydrogens (primary N) is 1. The number of halogens is 1. The van der Waals surface area contributed by atoms with Crippen molar-refractivity contribution in [3.63, 3.8) is 0 Å². The fourth-order valence-electron chi connectivity index (χ4n) is 2.18. The summed E-state index contributed by atoms with van der Waals surface area (Å²) in [4.78, 5) is 14.2. The number of carbonyl (C=O) groups excluding carboxylic acids is 1. The van der Waals surface area contributed by atoms with Crippen LogP contribution in [0.15, 0.2) is 18.2 Å². The first-order valence-corrected chi connectivity index (χ1v) is 6.88. The van der Waals surface area contributed by atoms with Gasteiger partial charge in [0.25, 0.3) is 5.91 Å². The molecule has 0 aliphatic carbocycles. The lowest BCUT2D eigenvalue weighted by Crippen LogP contribution is -2.35. The predicted octanol–water partition coefficient (Wildman–Crippen LogP) is 2.28. The number of benzene rings is 1. The summed E-state index contributed by atoms with van der Waals surface area (Å²) in [5, 5.41) is 0.504. The first-order chi connectivity index (χ1) is 9.22. The zero-order valence-electron chi connectivity index (χ0n) is 10.8. The SMILES string of the molecule is NCC#Cc1ccc(C(=O)N2CCCCC2)cc1Cl. The molecule has 1 fully saturated rings. The minimum Gasteiger partial charge on any atom is -0.339 e. The lowest BCUT2D eigenvalue weighted by atomic mass is 10.1. The molecule has 1 amide bonds. The van der Waals surface area contributed by atoms with E-state index in [-0.39, 0.29) is 5.91 Å². The third kappa shape index (κ3) is 3.50. The highest BCUT2D eigenvalue weighted by atomic mass is 35.5. The summed E-state index contributed by atoms with van der Waals surface area (Å²) >= 11 is 6.13. The first kappa shape index (κ1) is 13.9. The van der Waals surface area contributed by atoms with Crippen molar-refractivity contribution in [2.45, 2.75) is 19.3 Å². The van der Waals surface area contributed by atoms with E-state index in [2.05, 4.69) is 11.8 Å². The maximum Gasteiger partial charge on any atom is 0.253 e. The second-order valence-corrected chi connectivity index (χ2v) is 4.96. The molecule has 100 valence electrons. The van der Waals surface area contributed by atoms with Gasteiger partial charge >= 0.3 is 0 Å². The minimum absolute atomic E-state index is 0.0555. The van der Waals surface area contributed by atoms with Crippen LogP contribution in [0.25, 0.3) is 0 Å². The summed E-state index contributed by atoms with van der Waals surface area (Å²) in [6.07, 6.45) is 3.37. The molecule has 19 heavy (non-hydrogen) atoms. The van der Waals surface area contributed by atoms with Crippen LogP contribution in [0, 0.1) is 11.8 Å². The molecule has 0 aromatic heterocycles. The summed E-state index contributed by atoms with van der Waals surface area (Å²) in [7, 11) is 0. The molecular weight excluding hydrogens is 260 g/mol. The molecule has 0 unspecified atom stereocenters. The van der Waals surface area contributed by atoms with E-state index in [9.17, 15) is 4.79 Å². The van der Waals surface area contributed by atoms with E-state index < -0.39 is 0 Å². The Morgan fingerprint density at radius 1 is 1.32 bits per heavy atom. The Morgan fingerprint density at radius 3 is 2.68 bits per heavy atom. The minimum atomic E-state index is 0.0555. The highest BCUT2D eigenvalue weighted by Gasteiger charge is 2.18. The highest BCUT2D eigenvalue weighted by molar-refractivity contribution is 6.32. The van der Waals surface area contributed by atoms with Gasteiger partial charge in [-0.3, -0.25) is 4.79 Å². The number of rotatable bonds is 1. The molecule has 3 nitrogen and oxygen atoms in total.